The molecule has 0 bridgehead atoms. The van der Waals surface area contributed by atoms with Gasteiger partial charge in [0.2, 0.25) is 5.91 Å². The van der Waals surface area contributed by atoms with Crippen molar-refractivity contribution in [1.82, 2.24) is 4.98 Å². The van der Waals surface area contributed by atoms with Crippen LogP contribution in [0.3, 0.4) is 0 Å². The third kappa shape index (κ3) is 6.41. The van der Waals surface area contributed by atoms with Crippen LogP contribution in [0.15, 0.2) is 18.2 Å². The van der Waals surface area contributed by atoms with Crippen LogP contribution in [0.2, 0.25) is 0 Å². The molecule has 0 aliphatic carbocycles. The van der Waals surface area contributed by atoms with Gasteiger partial charge in [0.25, 0.3) is 5.91 Å². The Morgan fingerprint density at radius 1 is 1.30 bits per heavy atom. The molecule has 30 heavy (non-hydrogen) atoms. The molecule has 0 unspecified atom stereocenters. The fraction of sp³-hybridized carbons (Fsp3) is 0.294. The van der Waals surface area contributed by atoms with Crippen molar-refractivity contribution in [3.8, 4) is 0 Å². The number of hydrogen-bond donors (Lipinski definition) is 4. The molecule has 0 saturated heterocycles. The smallest absolute Gasteiger partial charge is 0.404 e. The van der Waals surface area contributed by atoms with E-state index in [1.807, 2.05) is 0 Å². The number of hydrogen-bond acceptors (Lipinski definition) is 9. The van der Waals surface area contributed by atoms with E-state index in [-0.39, 0.29) is 39.6 Å². The van der Waals surface area contributed by atoms with Gasteiger partial charge in [-0.15, -0.1) is 0 Å². The lowest BCUT2D eigenvalue weighted by Crippen LogP contribution is -2.17. The SMILES string of the molecule is CC(=O)Nc1cc(NCCCOC(N)=O)ccc1C(=O)Nc1nc(C)c([N+](=O)[O-])s1. The Morgan fingerprint density at radius 3 is 2.63 bits per heavy atom. The number of aromatic nitrogens is 1. The van der Waals surface area contributed by atoms with Crippen LogP contribution in [0.5, 0.6) is 0 Å². The quantitative estimate of drug-likeness (QED) is 0.263. The van der Waals surface area contributed by atoms with Crippen LogP contribution in [-0.4, -0.2) is 41.0 Å². The molecule has 0 saturated carbocycles. The minimum atomic E-state index is -0.848. The zero-order valence-electron chi connectivity index (χ0n) is 16.2. The highest BCUT2D eigenvalue weighted by Gasteiger charge is 2.20. The number of nitrogens with two attached hydrogens (primary N) is 1. The summed E-state index contributed by atoms with van der Waals surface area (Å²) >= 11 is 0.745. The van der Waals surface area contributed by atoms with Gasteiger partial charge in [-0.05, 0) is 42.9 Å². The largest absolute Gasteiger partial charge is 0.450 e. The lowest BCUT2D eigenvalue weighted by atomic mass is 10.1. The molecule has 0 fully saturated rings. The Morgan fingerprint density at radius 2 is 2.03 bits per heavy atom. The van der Waals surface area contributed by atoms with Gasteiger partial charge in [-0.3, -0.25) is 25.0 Å². The molecule has 0 radical (unpaired) electrons. The number of primary amides is 1. The van der Waals surface area contributed by atoms with Crippen molar-refractivity contribution in [2.75, 3.05) is 29.1 Å². The minimum absolute atomic E-state index is 0.0784. The monoisotopic (exact) mass is 436 g/mol. The van der Waals surface area contributed by atoms with Crippen LogP contribution in [0.1, 0.15) is 29.4 Å². The third-order valence-corrected chi connectivity index (χ3v) is 4.65. The van der Waals surface area contributed by atoms with Crippen molar-refractivity contribution in [2.24, 2.45) is 5.73 Å². The van der Waals surface area contributed by atoms with E-state index in [0.717, 1.165) is 11.3 Å². The highest BCUT2D eigenvalue weighted by atomic mass is 32.1. The second-order valence-corrected chi connectivity index (χ2v) is 6.99. The van der Waals surface area contributed by atoms with E-state index in [2.05, 4.69) is 25.7 Å². The van der Waals surface area contributed by atoms with E-state index in [1.54, 1.807) is 12.1 Å². The van der Waals surface area contributed by atoms with E-state index in [0.29, 0.717) is 18.7 Å². The summed E-state index contributed by atoms with van der Waals surface area (Å²) in [4.78, 5) is 49.0. The topological polar surface area (TPSA) is 179 Å². The second-order valence-electron chi connectivity index (χ2n) is 6.01. The Hall–Kier alpha value is -3.74. The number of nitrogens with zero attached hydrogens (tertiary/aromatic N) is 2. The number of amides is 3. The number of anilines is 3. The van der Waals surface area contributed by atoms with Crippen LogP contribution in [0.4, 0.5) is 26.3 Å². The Bertz CT molecular complexity index is 976. The van der Waals surface area contributed by atoms with Crippen molar-refractivity contribution in [1.29, 1.82) is 0 Å². The molecule has 0 atom stereocenters. The van der Waals surface area contributed by atoms with Gasteiger partial charge in [-0.2, -0.15) is 0 Å². The molecule has 13 heteroatoms. The van der Waals surface area contributed by atoms with E-state index in [1.165, 1.54) is 19.9 Å². The van der Waals surface area contributed by atoms with E-state index < -0.39 is 16.9 Å². The van der Waals surface area contributed by atoms with Gasteiger partial charge in [0.1, 0.15) is 5.69 Å². The van der Waals surface area contributed by atoms with Crippen LogP contribution in [-0.2, 0) is 9.53 Å². The molecule has 3 amide bonds. The average molecular weight is 436 g/mol. The number of ether oxygens (including phenoxy) is 1. The summed E-state index contributed by atoms with van der Waals surface area (Å²) in [7, 11) is 0. The molecule has 0 spiro atoms. The molecule has 160 valence electrons. The summed E-state index contributed by atoms with van der Waals surface area (Å²) in [5.41, 5.74) is 6.10. The van der Waals surface area contributed by atoms with E-state index in [9.17, 15) is 24.5 Å². The number of benzene rings is 1. The molecule has 0 aliphatic heterocycles. The van der Waals surface area contributed by atoms with Gasteiger partial charge in [-0.1, -0.05) is 0 Å². The zero-order valence-corrected chi connectivity index (χ0v) is 17.0. The summed E-state index contributed by atoms with van der Waals surface area (Å²) < 4.78 is 4.63. The fourth-order valence-corrected chi connectivity index (χ4v) is 3.18. The predicted octanol–water partition coefficient (Wildman–Crippen LogP) is 2.47. The third-order valence-electron chi connectivity index (χ3n) is 3.63. The van der Waals surface area contributed by atoms with Crippen molar-refractivity contribution in [2.45, 2.75) is 20.3 Å². The predicted molar refractivity (Wildman–Crippen MR) is 111 cm³/mol. The molecule has 12 nitrogen and oxygen atoms in total. The molecule has 0 aliphatic rings. The molecule has 5 N–H and O–H groups in total. The maximum Gasteiger partial charge on any atom is 0.404 e. The molecule has 1 heterocycles. The summed E-state index contributed by atoms with van der Waals surface area (Å²) in [6.07, 6.45) is -0.345. The number of nitrogens with one attached hydrogen (secondary N) is 3. The maximum atomic E-state index is 12.6. The first-order valence-electron chi connectivity index (χ1n) is 8.68. The van der Waals surface area contributed by atoms with Crippen molar-refractivity contribution < 1.29 is 24.0 Å². The van der Waals surface area contributed by atoms with Gasteiger partial charge in [-0.25, -0.2) is 9.78 Å². The normalized spacial score (nSPS) is 10.2. The first kappa shape index (κ1) is 22.5. The highest BCUT2D eigenvalue weighted by Crippen LogP contribution is 2.30. The van der Waals surface area contributed by atoms with Crippen molar-refractivity contribution in [3.63, 3.8) is 0 Å². The lowest BCUT2D eigenvalue weighted by Gasteiger charge is -2.13. The van der Waals surface area contributed by atoms with Crippen LogP contribution in [0, 0.1) is 17.0 Å². The Kier molecular flexibility index (Phi) is 7.63. The second kappa shape index (κ2) is 10.2. The fourth-order valence-electron chi connectivity index (χ4n) is 2.40. The van der Waals surface area contributed by atoms with Gasteiger partial charge >= 0.3 is 11.1 Å². The van der Waals surface area contributed by atoms with Gasteiger partial charge in [0.15, 0.2) is 5.13 Å². The lowest BCUT2D eigenvalue weighted by molar-refractivity contribution is -0.380. The van der Waals surface area contributed by atoms with E-state index in [4.69, 9.17) is 5.73 Å². The zero-order chi connectivity index (χ0) is 22.3. The van der Waals surface area contributed by atoms with Crippen LogP contribution in [0.25, 0.3) is 0 Å². The number of carbonyl (C=O) groups is 3. The first-order valence-corrected chi connectivity index (χ1v) is 9.50. The maximum absolute atomic E-state index is 12.6. The summed E-state index contributed by atoms with van der Waals surface area (Å²) in [6.45, 7) is 3.39. The average Bonchev–Trinajstić information content (AvgIpc) is 3.01. The molecule has 1 aromatic carbocycles. The molecular formula is C17H20N6O6S. The number of rotatable bonds is 9. The Labute approximate surface area is 175 Å². The molecular weight excluding hydrogens is 416 g/mol. The molecule has 2 aromatic rings. The van der Waals surface area contributed by atoms with Gasteiger partial charge < -0.3 is 21.1 Å². The first-order chi connectivity index (χ1) is 14.2. The number of carbonyl (C=O) groups excluding carboxylic acids is 3. The number of thiazole rings is 1. The van der Waals surface area contributed by atoms with Gasteiger partial charge in [0, 0.05) is 19.2 Å². The summed E-state index contributed by atoms with van der Waals surface area (Å²) in [5.74, 6) is -0.958. The van der Waals surface area contributed by atoms with Crippen molar-refractivity contribution >= 4 is 50.8 Å². The molecule has 1 aromatic heterocycles. The van der Waals surface area contributed by atoms with E-state index >= 15 is 0 Å². The van der Waals surface area contributed by atoms with Crippen LogP contribution >= 0.6 is 11.3 Å². The summed E-state index contributed by atoms with van der Waals surface area (Å²) in [5, 5.41) is 19.0. The van der Waals surface area contributed by atoms with Gasteiger partial charge in [0.05, 0.1) is 22.8 Å². The summed E-state index contributed by atoms with van der Waals surface area (Å²) in [6, 6.07) is 4.70. The van der Waals surface area contributed by atoms with Crippen LogP contribution < -0.4 is 21.7 Å². The number of aryl methyl sites for hydroxylation is 1. The molecule has 2 rings (SSSR count). The van der Waals surface area contributed by atoms with Crippen molar-refractivity contribution in [3.05, 3.63) is 39.6 Å². The Balaban J connectivity index is 2.12. The highest BCUT2D eigenvalue weighted by molar-refractivity contribution is 7.19. The standard InChI is InChI=1S/C17H20N6O6S/c1-9-15(23(27)28)30-17(20-9)22-14(25)12-5-4-11(8-13(12)21-10(2)24)19-6-3-7-29-16(18)26/h4-5,8,19H,3,6-7H2,1-2H3,(H2,18,26)(H,21,24)(H,20,22,25). The number of nitro groups is 1. The minimum Gasteiger partial charge on any atom is -0.450 e.